The number of ether oxygens (including phenoxy) is 2. The van der Waals surface area contributed by atoms with Crippen LogP contribution in [0.25, 0.3) is 0 Å². The Bertz CT molecular complexity index is 596. The summed E-state index contributed by atoms with van der Waals surface area (Å²) >= 11 is 3.53. The van der Waals surface area contributed by atoms with Gasteiger partial charge < -0.3 is 14.8 Å². The fourth-order valence-corrected chi connectivity index (χ4v) is 2.71. The van der Waals surface area contributed by atoms with Crippen molar-refractivity contribution >= 4 is 21.6 Å². The average Bonchev–Trinajstić information content (AvgIpc) is 2.47. The quantitative estimate of drug-likeness (QED) is 0.814. The molecule has 0 atom stereocenters. The van der Waals surface area contributed by atoms with Crippen molar-refractivity contribution < 1.29 is 9.47 Å². The molecule has 2 aromatic rings. The maximum Gasteiger partial charge on any atom is 0.174 e. The van der Waals surface area contributed by atoms with Gasteiger partial charge in [-0.1, -0.05) is 17.7 Å². The van der Waals surface area contributed by atoms with Gasteiger partial charge in [-0.2, -0.15) is 0 Å². The zero-order valence-electron chi connectivity index (χ0n) is 12.6. The molecular formula is C17H20BrNO2. The number of methoxy groups -OCH3 is 1. The van der Waals surface area contributed by atoms with Crippen molar-refractivity contribution in [3.05, 3.63) is 52.0 Å². The van der Waals surface area contributed by atoms with Crippen LogP contribution in [0.5, 0.6) is 11.5 Å². The van der Waals surface area contributed by atoms with Crippen LogP contribution in [0.15, 0.2) is 40.9 Å². The lowest BCUT2D eigenvalue weighted by molar-refractivity contribution is 0.309. The van der Waals surface area contributed by atoms with Crippen LogP contribution < -0.4 is 14.8 Å². The van der Waals surface area contributed by atoms with E-state index >= 15 is 0 Å². The van der Waals surface area contributed by atoms with Crippen molar-refractivity contribution in [2.45, 2.75) is 20.4 Å². The summed E-state index contributed by atoms with van der Waals surface area (Å²) in [5.74, 6) is 1.49. The second-order valence-electron chi connectivity index (χ2n) is 4.76. The summed E-state index contributed by atoms with van der Waals surface area (Å²) in [5.41, 5.74) is 3.49. The predicted molar refractivity (Wildman–Crippen MR) is 90.4 cm³/mol. The molecule has 0 radical (unpaired) electrons. The average molecular weight is 350 g/mol. The molecule has 112 valence electrons. The van der Waals surface area contributed by atoms with E-state index in [2.05, 4.69) is 52.4 Å². The summed E-state index contributed by atoms with van der Waals surface area (Å²) < 4.78 is 11.9. The van der Waals surface area contributed by atoms with E-state index in [1.54, 1.807) is 7.11 Å². The third-order valence-electron chi connectivity index (χ3n) is 3.12. The summed E-state index contributed by atoms with van der Waals surface area (Å²) in [5, 5.41) is 3.40. The smallest absolute Gasteiger partial charge is 0.174 e. The number of hydrogen-bond acceptors (Lipinski definition) is 3. The normalized spacial score (nSPS) is 10.3. The molecule has 21 heavy (non-hydrogen) atoms. The molecule has 0 saturated heterocycles. The second-order valence-corrected chi connectivity index (χ2v) is 5.62. The van der Waals surface area contributed by atoms with E-state index in [4.69, 9.17) is 9.47 Å². The zero-order chi connectivity index (χ0) is 15.2. The van der Waals surface area contributed by atoms with Crippen LogP contribution in [0.2, 0.25) is 0 Å². The van der Waals surface area contributed by atoms with Crippen LogP contribution in [0.4, 0.5) is 5.69 Å². The zero-order valence-corrected chi connectivity index (χ0v) is 14.2. The Hall–Kier alpha value is -1.68. The lowest BCUT2D eigenvalue weighted by atomic mass is 10.2. The van der Waals surface area contributed by atoms with Gasteiger partial charge in [0.15, 0.2) is 11.5 Å². The summed E-state index contributed by atoms with van der Waals surface area (Å²) in [7, 11) is 1.65. The Balaban J connectivity index is 2.14. The number of nitrogens with one attached hydrogen (secondary N) is 1. The van der Waals surface area contributed by atoms with Crippen molar-refractivity contribution in [3.63, 3.8) is 0 Å². The van der Waals surface area contributed by atoms with Crippen molar-refractivity contribution in [2.24, 2.45) is 0 Å². The summed E-state index contributed by atoms with van der Waals surface area (Å²) in [4.78, 5) is 0. The molecule has 0 aliphatic rings. The number of anilines is 1. The molecular weight excluding hydrogens is 330 g/mol. The van der Waals surface area contributed by atoms with Crippen LogP contribution in [-0.2, 0) is 6.54 Å². The molecule has 0 bridgehead atoms. The second kappa shape index (κ2) is 7.36. The first-order valence-corrected chi connectivity index (χ1v) is 7.73. The minimum Gasteiger partial charge on any atom is -0.492 e. The third-order valence-corrected chi connectivity index (χ3v) is 3.71. The molecule has 4 heteroatoms. The molecule has 0 amide bonds. The minimum atomic E-state index is 0.609. The molecule has 1 N–H and O–H groups in total. The van der Waals surface area contributed by atoms with E-state index in [-0.39, 0.29) is 0 Å². The molecule has 2 aromatic carbocycles. The van der Waals surface area contributed by atoms with Gasteiger partial charge in [-0.25, -0.2) is 0 Å². The molecule has 0 spiro atoms. The van der Waals surface area contributed by atoms with Crippen LogP contribution >= 0.6 is 15.9 Å². The van der Waals surface area contributed by atoms with Crippen LogP contribution in [0, 0.1) is 6.92 Å². The minimum absolute atomic E-state index is 0.609. The molecule has 2 rings (SSSR count). The maximum absolute atomic E-state index is 5.63. The van der Waals surface area contributed by atoms with Crippen molar-refractivity contribution in [2.75, 3.05) is 19.0 Å². The van der Waals surface area contributed by atoms with E-state index in [1.807, 2.05) is 19.1 Å². The fourth-order valence-electron chi connectivity index (χ4n) is 2.06. The van der Waals surface area contributed by atoms with Crippen LogP contribution in [0.1, 0.15) is 18.1 Å². The summed E-state index contributed by atoms with van der Waals surface area (Å²) in [6, 6.07) is 12.4. The van der Waals surface area contributed by atoms with E-state index in [1.165, 1.54) is 5.56 Å². The Morgan fingerprint density at radius 1 is 1.14 bits per heavy atom. The van der Waals surface area contributed by atoms with E-state index in [9.17, 15) is 0 Å². The van der Waals surface area contributed by atoms with Gasteiger partial charge in [0.05, 0.1) is 18.2 Å². The van der Waals surface area contributed by atoms with Gasteiger partial charge in [0.1, 0.15) is 0 Å². The number of benzene rings is 2. The predicted octanol–water partition coefficient (Wildman–Crippen LogP) is 4.78. The Kier molecular flexibility index (Phi) is 5.51. The molecule has 0 saturated carbocycles. The summed E-state index contributed by atoms with van der Waals surface area (Å²) in [6.45, 7) is 5.38. The van der Waals surface area contributed by atoms with Gasteiger partial charge in [0.25, 0.3) is 0 Å². The monoisotopic (exact) mass is 349 g/mol. The molecule has 0 aliphatic carbocycles. The van der Waals surface area contributed by atoms with E-state index in [0.717, 1.165) is 33.8 Å². The Morgan fingerprint density at radius 2 is 1.86 bits per heavy atom. The standard InChI is InChI=1S/C17H20BrNO2/c1-4-21-16-10-13(9-15(18)17(16)20-3)11-19-14-7-5-12(2)6-8-14/h5-10,19H,4,11H2,1-3H3. The van der Waals surface area contributed by atoms with Crippen LogP contribution in [-0.4, -0.2) is 13.7 Å². The maximum atomic E-state index is 5.63. The SMILES string of the molecule is CCOc1cc(CNc2ccc(C)cc2)cc(Br)c1OC. The van der Waals surface area contributed by atoms with Gasteiger partial charge in [-0.05, 0) is 59.6 Å². The highest BCUT2D eigenvalue weighted by atomic mass is 79.9. The number of halogens is 1. The van der Waals surface area contributed by atoms with Crippen LogP contribution in [0.3, 0.4) is 0 Å². The first-order chi connectivity index (χ1) is 10.1. The third kappa shape index (κ3) is 4.14. The van der Waals surface area contributed by atoms with Gasteiger partial charge in [0, 0.05) is 12.2 Å². The van der Waals surface area contributed by atoms with Crippen molar-refractivity contribution in [1.29, 1.82) is 0 Å². The lowest BCUT2D eigenvalue weighted by Gasteiger charge is -2.14. The van der Waals surface area contributed by atoms with E-state index in [0.29, 0.717) is 6.61 Å². The Labute approximate surface area is 134 Å². The lowest BCUT2D eigenvalue weighted by Crippen LogP contribution is -2.02. The first kappa shape index (κ1) is 15.7. The topological polar surface area (TPSA) is 30.5 Å². The molecule has 3 nitrogen and oxygen atoms in total. The number of hydrogen-bond donors (Lipinski definition) is 1. The van der Waals surface area contributed by atoms with E-state index < -0.39 is 0 Å². The fraction of sp³-hybridized carbons (Fsp3) is 0.294. The highest BCUT2D eigenvalue weighted by Crippen LogP contribution is 2.36. The van der Waals surface area contributed by atoms with Crippen molar-refractivity contribution in [1.82, 2.24) is 0 Å². The molecule has 0 heterocycles. The Morgan fingerprint density at radius 3 is 2.48 bits per heavy atom. The van der Waals surface area contributed by atoms with Gasteiger partial charge in [0.2, 0.25) is 0 Å². The summed E-state index contributed by atoms with van der Waals surface area (Å²) in [6.07, 6.45) is 0. The molecule has 0 unspecified atom stereocenters. The van der Waals surface area contributed by atoms with Gasteiger partial charge in [-0.15, -0.1) is 0 Å². The highest BCUT2D eigenvalue weighted by Gasteiger charge is 2.11. The molecule has 0 aromatic heterocycles. The largest absolute Gasteiger partial charge is 0.492 e. The first-order valence-electron chi connectivity index (χ1n) is 6.93. The van der Waals surface area contributed by atoms with Gasteiger partial charge >= 0.3 is 0 Å². The number of aryl methyl sites for hydroxylation is 1. The molecule has 0 fully saturated rings. The van der Waals surface area contributed by atoms with Gasteiger partial charge in [-0.3, -0.25) is 0 Å². The highest BCUT2D eigenvalue weighted by molar-refractivity contribution is 9.10. The number of rotatable bonds is 6. The van der Waals surface area contributed by atoms with Crippen molar-refractivity contribution in [3.8, 4) is 11.5 Å². The molecule has 0 aliphatic heterocycles.